The monoisotopic (exact) mass is 239 g/mol. The van der Waals surface area contributed by atoms with E-state index in [1.807, 2.05) is 13.8 Å². The van der Waals surface area contributed by atoms with Gasteiger partial charge in [-0.2, -0.15) is 0 Å². The molecule has 0 spiro atoms. The van der Waals surface area contributed by atoms with E-state index in [1.165, 1.54) is 25.7 Å². The van der Waals surface area contributed by atoms with Crippen LogP contribution in [0.5, 0.6) is 0 Å². The number of hydrogen-bond acceptors (Lipinski definition) is 2. The zero-order valence-electron chi connectivity index (χ0n) is 11.2. The van der Waals surface area contributed by atoms with Gasteiger partial charge in [0, 0.05) is 12.6 Å². The molecule has 2 fully saturated rings. The van der Waals surface area contributed by atoms with Crippen molar-refractivity contribution >= 4 is 5.97 Å². The van der Waals surface area contributed by atoms with Gasteiger partial charge in [-0.3, -0.25) is 4.79 Å². The van der Waals surface area contributed by atoms with Crippen LogP contribution in [-0.2, 0) is 4.79 Å². The van der Waals surface area contributed by atoms with Gasteiger partial charge in [0.1, 0.15) is 0 Å². The number of carbonyl (C=O) groups is 1. The fourth-order valence-electron chi connectivity index (χ4n) is 3.72. The van der Waals surface area contributed by atoms with Crippen molar-refractivity contribution in [3.05, 3.63) is 0 Å². The van der Waals surface area contributed by atoms with Crippen molar-refractivity contribution < 1.29 is 9.90 Å². The second kappa shape index (κ2) is 4.97. The van der Waals surface area contributed by atoms with Crippen molar-refractivity contribution in [2.45, 2.75) is 45.6 Å². The van der Waals surface area contributed by atoms with Gasteiger partial charge < -0.3 is 10.0 Å². The third kappa shape index (κ3) is 2.65. The van der Waals surface area contributed by atoms with Gasteiger partial charge in [-0.15, -0.1) is 0 Å². The predicted molar refractivity (Wildman–Crippen MR) is 67.8 cm³/mol. The molecule has 2 saturated carbocycles. The fraction of sp³-hybridized carbons (Fsp3) is 0.929. The summed E-state index contributed by atoms with van der Waals surface area (Å²) in [6.07, 6.45) is 5.66. The fourth-order valence-corrected chi connectivity index (χ4v) is 3.72. The van der Waals surface area contributed by atoms with E-state index in [9.17, 15) is 4.79 Å². The number of aliphatic carboxylic acids is 1. The highest BCUT2D eigenvalue weighted by atomic mass is 16.4. The molecule has 0 radical (unpaired) electrons. The Kier molecular flexibility index (Phi) is 3.76. The van der Waals surface area contributed by atoms with Gasteiger partial charge in [-0.05, 0) is 51.0 Å². The highest BCUT2D eigenvalue weighted by Gasteiger charge is 2.40. The van der Waals surface area contributed by atoms with Crippen molar-refractivity contribution in [2.75, 3.05) is 13.6 Å². The number of fused-ring (bicyclic) bond motifs is 2. The summed E-state index contributed by atoms with van der Waals surface area (Å²) in [6, 6.07) is 0.131. The van der Waals surface area contributed by atoms with E-state index >= 15 is 0 Å². The van der Waals surface area contributed by atoms with E-state index in [4.69, 9.17) is 5.11 Å². The molecule has 0 heterocycles. The lowest BCUT2D eigenvalue weighted by Crippen LogP contribution is -2.41. The minimum atomic E-state index is -0.683. The molecule has 2 aliphatic rings. The van der Waals surface area contributed by atoms with Gasteiger partial charge in [0.15, 0.2) is 0 Å². The van der Waals surface area contributed by atoms with Crippen molar-refractivity contribution in [2.24, 2.45) is 23.7 Å². The molecule has 17 heavy (non-hydrogen) atoms. The molecular weight excluding hydrogens is 214 g/mol. The Balaban J connectivity index is 1.84. The Morgan fingerprint density at radius 3 is 2.53 bits per heavy atom. The van der Waals surface area contributed by atoms with Crippen LogP contribution in [0.1, 0.15) is 39.5 Å². The molecule has 98 valence electrons. The van der Waals surface area contributed by atoms with Crippen LogP contribution in [0.15, 0.2) is 0 Å². The topological polar surface area (TPSA) is 40.5 Å². The van der Waals surface area contributed by atoms with Crippen LogP contribution in [-0.4, -0.2) is 35.6 Å². The molecular formula is C14H25NO2. The average molecular weight is 239 g/mol. The van der Waals surface area contributed by atoms with Crippen LogP contribution in [0.25, 0.3) is 0 Å². The van der Waals surface area contributed by atoms with Crippen LogP contribution in [0.2, 0.25) is 0 Å². The van der Waals surface area contributed by atoms with Crippen molar-refractivity contribution in [1.82, 2.24) is 4.90 Å². The van der Waals surface area contributed by atoms with E-state index in [1.54, 1.807) is 0 Å². The summed E-state index contributed by atoms with van der Waals surface area (Å²) in [5.41, 5.74) is 0. The molecule has 0 aliphatic heterocycles. The Morgan fingerprint density at radius 2 is 2.06 bits per heavy atom. The summed E-state index contributed by atoms with van der Waals surface area (Å²) < 4.78 is 0. The van der Waals surface area contributed by atoms with Gasteiger partial charge >= 0.3 is 5.97 Å². The zero-order chi connectivity index (χ0) is 12.6. The molecule has 2 rings (SSSR count). The third-order valence-electron chi connectivity index (χ3n) is 5.22. The second-order valence-corrected chi connectivity index (χ2v) is 6.24. The number of rotatable bonds is 5. The van der Waals surface area contributed by atoms with E-state index in [-0.39, 0.29) is 12.0 Å². The van der Waals surface area contributed by atoms with Crippen LogP contribution in [0.4, 0.5) is 0 Å². The molecule has 0 saturated heterocycles. The Labute approximate surface area is 104 Å². The smallest absolute Gasteiger partial charge is 0.307 e. The first kappa shape index (κ1) is 12.9. The van der Waals surface area contributed by atoms with E-state index in [0.29, 0.717) is 0 Å². The molecule has 0 amide bonds. The number of carboxylic acids is 1. The first-order valence-corrected chi connectivity index (χ1v) is 6.92. The molecule has 5 atom stereocenters. The van der Waals surface area contributed by atoms with Gasteiger partial charge in [0.2, 0.25) is 0 Å². The molecule has 5 unspecified atom stereocenters. The standard InChI is InChI=1S/C14H25NO2/c1-9(14(16)17)10(2)15(3)8-13-7-11-4-5-12(13)6-11/h9-13H,4-8H2,1-3H3,(H,16,17). The highest BCUT2D eigenvalue weighted by Crippen LogP contribution is 2.48. The highest BCUT2D eigenvalue weighted by molar-refractivity contribution is 5.70. The predicted octanol–water partition coefficient (Wildman–Crippen LogP) is 2.46. The molecule has 2 bridgehead atoms. The summed E-state index contributed by atoms with van der Waals surface area (Å²) in [7, 11) is 2.08. The van der Waals surface area contributed by atoms with Gasteiger partial charge in [0.25, 0.3) is 0 Å². The first-order valence-electron chi connectivity index (χ1n) is 6.92. The summed E-state index contributed by atoms with van der Waals surface area (Å²) >= 11 is 0. The average Bonchev–Trinajstić information content (AvgIpc) is 2.88. The third-order valence-corrected chi connectivity index (χ3v) is 5.22. The minimum absolute atomic E-state index is 0.131. The van der Waals surface area contributed by atoms with Crippen LogP contribution in [0.3, 0.4) is 0 Å². The lowest BCUT2D eigenvalue weighted by molar-refractivity contribution is -0.143. The van der Waals surface area contributed by atoms with Crippen molar-refractivity contribution in [3.63, 3.8) is 0 Å². The van der Waals surface area contributed by atoms with Crippen LogP contribution < -0.4 is 0 Å². The van der Waals surface area contributed by atoms with Crippen molar-refractivity contribution in [3.8, 4) is 0 Å². The first-order chi connectivity index (χ1) is 7.99. The Bertz CT molecular complexity index is 292. The molecule has 0 aromatic carbocycles. The van der Waals surface area contributed by atoms with E-state index < -0.39 is 5.97 Å². The molecule has 3 nitrogen and oxygen atoms in total. The summed E-state index contributed by atoms with van der Waals surface area (Å²) in [5, 5.41) is 9.04. The summed E-state index contributed by atoms with van der Waals surface area (Å²) in [4.78, 5) is 13.2. The van der Waals surface area contributed by atoms with Crippen LogP contribution >= 0.6 is 0 Å². The molecule has 1 N–H and O–H groups in total. The zero-order valence-corrected chi connectivity index (χ0v) is 11.2. The molecule has 3 heteroatoms. The summed E-state index contributed by atoms with van der Waals surface area (Å²) in [6.45, 7) is 4.93. The SMILES string of the molecule is CC(C(=O)O)C(C)N(C)CC1CC2CCC1C2. The van der Waals surface area contributed by atoms with Gasteiger partial charge in [-0.1, -0.05) is 13.3 Å². The minimum Gasteiger partial charge on any atom is -0.481 e. The molecule has 0 aromatic rings. The van der Waals surface area contributed by atoms with E-state index in [2.05, 4.69) is 11.9 Å². The Morgan fingerprint density at radius 1 is 1.35 bits per heavy atom. The maximum absolute atomic E-state index is 11.0. The molecule has 2 aliphatic carbocycles. The largest absolute Gasteiger partial charge is 0.481 e. The van der Waals surface area contributed by atoms with Gasteiger partial charge in [0.05, 0.1) is 5.92 Å². The Hall–Kier alpha value is -0.570. The number of nitrogens with zero attached hydrogens (tertiary/aromatic N) is 1. The number of carboxylic acid groups (broad SMARTS) is 1. The van der Waals surface area contributed by atoms with Crippen LogP contribution in [0, 0.1) is 23.7 Å². The maximum atomic E-state index is 11.0. The molecule has 0 aromatic heterocycles. The number of hydrogen-bond donors (Lipinski definition) is 1. The second-order valence-electron chi connectivity index (χ2n) is 6.24. The van der Waals surface area contributed by atoms with E-state index in [0.717, 1.165) is 24.3 Å². The lowest BCUT2D eigenvalue weighted by Gasteiger charge is -2.32. The normalized spacial score (nSPS) is 35.2. The summed E-state index contributed by atoms with van der Waals surface area (Å²) in [5.74, 6) is 1.76. The lowest BCUT2D eigenvalue weighted by atomic mass is 9.88. The maximum Gasteiger partial charge on any atom is 0.307 e. The quantitative estimate of drug-likeness (QED) is 0.801. The van der Waals surface area contributed by atoms with Gasteiger partial charge in [-0.25, -0.2) is 0 Å². The van der Waals surface area contributed by atoms with Crippen molar-refractivity contribution in [1.29, 1.82) is 0 Å².